The van der Waals surface area contributed by atoms with E-state index >= 15 is 0 Å². The highest BCUT2D eigenvalue weighted by molar-refractivity contribution is 5.79. The van der Waals surface area contributed by atoms with Crippen LogP contribution in [0.1, 0.15) is 12.0 Å². The van der Waals surface area contributed by atoms with Gasteiger partial charge in [0.15, 0.2) is 5.65 Å². The summed E-state index contributed by atoms with van der Waals surface area (Å²) in [4.78, 5) is 31.0. The standard InChI is InChI=1S/C19H18FN5O2/c1-23-18-16(10-22-23)19(27)25(12-21-18)11-17(26)24-8-6-14(7-9-24)13-2-4-15(20)5-3-13/h2-6,10,12H,7-9,11H2,1H3. The van der Waals surface area contributed by atoms with Gasteiger partial charge in [-0.05, 0) is 29.7 Å². The second-order valence-electron chi connectivity index (χ2n) is 6.51. The van der Waals surface area contributed by atoms with Crippen molar-refractivity contribution in [2.45, 2.75) is 13.0 Å². The lowest BCUT2D eigenvalue weighted by Gasteiger charge is -2.27. The van der Waals surface area contributed by atoms with Crippen LogP contribution in [0.15, 0.2) is 47.7 Å². The topological polar surface area (TPSA) is 73.0 Å². The number of benzene rings is 1. The fourth-order valence-electron chi connectivity index (χ4n) is 3.25. The minimum absolute atomic E-state index is 0.0591. The van der Waals surface area contributed by atoms with Gasteiger partial charge in [0.2, 0.25) is 5.91 Å². The van der Waals surface area contributed by atoms with Gasteiger partial charge in [-0.25, -0.2) is 9.37 Å². The number of aryl methyl sites for hydroxylation is 1. The number of hydrogen-bond acceptors (Lipinski definition) is 4. The fourth-order valence-corrected chi connectivity index (χ4v) is 3.25. The molecule has 0 N–H and O–H groups in total. The van der Waals surface area contributed by atoms with Crippen molar-refractivity contribution < 1.29 is 9.18 Å². The average Bonchev–Trinajstić information content (AvgIpc) is 3.06. The number of nitrogens with zero attached hydrogens (tertiary/aromatic N) is 5. The number of rotatable bonds is 3. The van der Waals surface area contributed by atoms with E-state index in [2.05, 4.69) is 10.1 Å². The maximum atomic E-state index is 13.0. The van der Waals surface area contributed by atoms with Crippen LogP contribution >= 0.6 is 0 Å². The Balaban J connectivity index is 1.47. The quantitative estimate of drug-likeness (QED) is 0.705. The summed E-state index contributed by atoms with van der Waals surface area (Å²) in [6.07, 6.45) is 5.50. The van der Waals surface area contributed by atoms with E-state index in [1.807, 2.05) is 6.08 Å². The average molecular weight is 367 g/mol. The summed E-state index contributed by atoms with van der Waals surface area (Å²) in [6, 6.07) is 6.35. The van der Waals surface area contributed by atoms with Gasteiger partial charge in [0.25, 0.3) is 5.56 Å². The Bertz CT molecular complexity index is 1100. The van der Waals surface area contributed by atoms with E-state index in [1.165, 1.54) is 33.9 Å². The van der Waals surface area contributed by atoms with Crippen LogP contribution < -0.4 is 5.56 Å². The monoisotopic (exact) mass is 367 g/mol. The van der Waals surface area contributed by atoms with Crippen molar-refractivity contribution in [2.75, 3.05) is 13.1 Å². The Labute approximate surface area is 154 Å². The summed E-state index contributed by atoms with van der Waals surface area (Å²) >= 11 is 0. The van der Waals surface area contributed by atoms with Gasteiger partial charge in [-0.3, -0.25) is 18.8 Å². The van der Waals surface area contributed by atoms with E-state index in [0.29, 0.717) is 30.5 Å². The van der Waals surface area contributed by atoms with E-state index in [9.17, 15) is 14.0 Å². The molecular weight excluding hydrogens is 349 g/mol. The predicted molar refractivity (Wildman–Crippen MR) is 98.3 cm³/mol. The highest BCUT2D eigenvalue weighted by atomic mass is 19.1. The van der Waals surface area contributed by atoms with Gasteiger partial charge in [0, 0.05) is 20.1 Å². The van der Waals surface area contributed by atoms with Crippen LogP contribution in [-0.2, 0) is 18.4 Å². The maximum Gasteiger partial charge on any atom is 0.264 e. The first kappa shape index (κ1) is 17.1. The molecular formula is C19H18FN5O2. The Morgan fingerprint density at radius 3 is 2.74 bits per heavy atom. The normalized spacial score (nSPS) is 14.4. The van der Waals surface area contributed by atoms with Crippen molar-refractivity contribution in [1.82, 2.24) is 24.2 Å². The molecule has 0 aliphatic carbocycles. The first-order valence-corrected chi connectivity index (χ1v) is 8.63. The molecule has 0 radical (unpaired) electrons. The Kier molecular flexibility index (Phi) is 4.31. The van der Waals surface area contributed by atoms with Crippen molar-refractivity contribution in [1.29, 1.82) is 0 Å². The maximum absolute atomic E-state index is 13.0. The number of aromatic nitrogens is 4. The van der Waals surface area contributed by atoms with Crippen LogP contribution in [0.25, 0.3) is 16.6 Å². The predicted octanol–water partition coefficient (Wildman–Crippen LogP) is 1.58. The summed E-state index contributed by atoms with van der Waals surface area (Å²) in [6.45, 7) is 0.957. The summed E-state index contributed by atoms with van der Waals surface area (Å²) in [5.74, 6) is -0.409. The van der Waals surface area contributed by atoms with E-state index in [4.69, 9.17) is 0 Å². The van der Waals surface area contributed by atoms with E-state index in [1.54, 1.807) is 24.1 Å². The number of hydrogen-bond donors (Lipinski definition) is 0. The first-order valence-electron chi connectivity index (χ1n) is 8.63. The molecule has 3 heterocycles. The van der Waals surface area contributed by atoms with Crippen molar-refractivity contribution in [3.8, 4) is 0 Å². The first-order chi connectivity index (χ1) is 13.0. The van der Waals surface area contributed by atoms with E-state index in [-0.39, 0.29) is 23.8 Å². The SMILES string of the molecule is Cn1ncc2c(=O)n(CC(=O)N3CC=C(c4ccc(F)cc4)CC3)cnc21. The zero-order valence-electron chi connectivity index (χ0n) is 14.8. The largest absolute Gasteiger partial charge is 0.337 e. The molecule has 4 rings (SSSR count). The Morgan fingerprint density at radius 2 is 2.04 bits per heavy atom. The molecule has 1 aromatic carbocycles. The molecule has 1 aliphatic heterocycles. The second-order valence-corrected chi connectivity index (χ2v) is 6.51. The van der Waals surface area contributed by atoms with E-state index in [0.717, 1.165) is 11.1 Å². The van der Waals surface area contributed by atoms with Gasteiger partial charge >= 0.3 is 0 Å². The molecule has 138 valence electrons. The minimum atomic E-state index is -0.277. The number of fused-ring (bicyclic) bond motifs is 1. The number of amides is 1. The van der Waals surface area contributed by atoms with Crippen molar-refractivity contribution in [3.63, 3.8) is 0 Å². The Hall–Kier alpha value is -3.29. The lowest BCUT2D eigenvalue weighted by Crippen LogP contribution is -2.39. The molecule has 0 bridgehead atoms. The summed E-state index contributed by atoms with van der Waals surface area (Å²) in [5, 5.41) is 4.42. The highest BCUT2D eigenvalue weighted by Gasteiger charge is 2.19. The molecule has 7 nitrogen and oxygen atoms in total. The number of carbonyl (C=O) groups is 1. The third kappa shape index (κ3) is 3.25. The molecule has 1 amide bonds. The molecule has 8 heteroatoms. The van der Waals surface area contributed by atoms with Crippen molar-refractivity contribution in [2.24, 2.45) is 7.05 Å². The van der Waals surface area contributed by atoms with Crippen molar-refractivity contribution >= 4 is 22.5 Å². The van der Waals surface area contributed by atoms with Crippen LogP contribution in [0.2, 0.25) is 0 Å². The van der Waals surface area contributed by atoms with Crippen LogP contribution in [-0.4, -0.2) is 43.2 Å². The van der Waals surface area contributed by atoms with Gasteiger partial charge in [0.05, 0.1) is 6.20 Å². The van der Waals surface area contributed by atoms with Crippen LogP contribution in [0, 0.1) is 5.82 Å². The molecule has 0 atom stereocenters. The number of halogens is 1. The van der Waals surface area contributed by atoms with Gasteiger partial charge < -0.3 is 4.90 Å². The zero-order chi connectivity index (χ0) is 19.0. The number of carbonyl (C=O) groups excluding carboxylic acids is 1. The molecule has 0 spiro atoms. The third-order valence-corrected chi connectivity index (χ3v) is 4.80. The second kappa shape index (κ2) is 6.79. The fraction of sp³-hybridized carbons (Fsp3) is 0.263. The molecule has 2 aromatic heterocycles. The van der Waals surface area contributed by atoms with Gasteiger partial charge in [-0.2, -0.15) is 5.10 Å². The van der Waals surface area contributed by atoms with E-state index < -0.39 is 0 Å². The van der Waals surface area contributed by atoms with Crippen LogP contribution in [0.5, 0.6) is 0 Å². The molecule has 0 saturated heterocycles. The van der Waals surface area contributed by atoms with Crippen LogP contribution in [0.4, 0.5) is 4.39 Å². The van der Waals surface area contributed by atoms with Crippen LogP contribution in [0.3, 0.4) is 0 Å². The van der Waals surface area contributed by atoms with Gasteiger partial charge in [0.1, 0.15) is 24.1 Å². The van der Waals surface area contributed by atoms with Gasteiger partial charge in [-0.15, -0.1) is 0 Å². The molecule has 0 fully saturated rings. The molecule has 27 heavy (non-hydrogen) atoms. The zero-order valence-corrected chi connectivity index (χ0v) is 14.8. The third-order valence-electron chi connectivity index (χ3n) is 4.80. The molecule has 0 saturated carbocycles. The summed E-state index contributed by atoms with van der Waals surface area (Å²) in [7, 11) is 1.71. The van der Waals surface area contributed by atoms with Gasteiger partial charge in [-0.1, -0.05) is 18.2 Å². The summed E-state index contributed by atoms with van der Waals surface area (Å²) in [5.41, 5.74) is 2.27. The molecule has 1 aliphatic rings. The molecule has 3 aromatic rings. The smallest absolute Gasteiger partial charge is 0.264 e. The Morgan fingerprint density at radius 1 is 1.26 bits per heavy atom. The summed E-state index contributed by atoms with van der Waals surface area (Å²) < 4.78 is 15.9. The lowest BCUT2D eigenvalue weighted by molar-refractivity contribution is -0.131. The lowest BCUT2D eigenvalue weighted by atomic mass is 9.99. The molecule has 0 unspecified atom stereocenters. The minimum Gasteiger partial charge on any atom is -0.337 e. The highest BCUT2D eigenvalue weighted by Crippen LogP contribution is 2.22. The van der Waals surface area contributed by atoms with Crippen molar-refractivity contribution in [3.05, 3.63) is 64.6 Å².